The second-order valence-electron chi connectivity index (χ2n) is 5.04. The minimum atomic E-state index is -0.579. The van der Waals surface area contributed by atoms with Gasteiger partial charge in [-0.05, 0) is 30.7 Å². The summed E-state index contributed by atoms with van der Waals surface area (Å²) in [7, 11) is 1.64. The van der Waals surface area contributed by atoms with E-state index in [-0.39, 0.29) is 17.6 Å². The molecule has 0 aliphatic carbocycles. The highest BCUT2D eigenvalue weighted by atomic mass is 32.1. The SMILES string of the molecule is CN(C(=O)[C@@H]1CCC(=O)N1c1ccc(F)cc1)c1cscn1. The van der Waals surface area contributed by atoms with Crippen LogP contribution in [-0.4, -0.2) is 29.9 Å². The molecule has 1 aromatic carbocycles. The van der Waals surface area contributed by atoms with Crippen molar-refractivity contribution < 1.29 is 14.0 Å². The molecule has 22 heavy (non-hydrogen) atoms. The lowest BCUT2D eigenvalue weighted by atomic mass is 10.2. The number of rotatable bonds is 3. The van der Waals surface area contributed by atoms with Crippen LogP contribution in [0, 0.1) is 5.82 Å². The summed E-state index contributed by atoms with van der Waals surface area (Å²) in [5.41, 5.74) is 2.19. The zero-order chi connectivity index (χ0) is 15.7. The van der Waals surface area contributed by atoms with Gasteiger partial charge in [0.2, 0.25) is 5.91 Å². The fourth-order valence-electron chi connectivity index (χ4n) is 2.55. The molecule has 3 rings (SSSR count). The van der Waals surface area contributed by atoms with Crippen LogP contribution in [0.1, 0.15) is 12.8 Å². The Bertz CT molecular complexity index is 687. The first-order valence-electron chi connectivity index (χ1n) is 6.81. The number of hydrogen-bond acceptors (Lipinski definition) is 4. The van der Waals surface area contributed by atoms with Crippen molar-refractivity contribution in [2.75, 3.05) is 16.8 Å². The number of carbonyl (C=O) groups excluding carboxylic acids is 2. The van der Waals surface area contributed by atoms with Gasteiger partial charge < -0.3 is 0 Å². The summed E-state index contributed by atoms with van der Waals surface area (Å²) < 4.78 is 13.1. The molecule has 0 radical (unpaired) electrons. The average molecular weight is 319 g/mol. The second-order valence-corrected chi connectivity index (χ2v) is 5.76. The Kier molecular flexibility index (Phi) is 3.89. The lowest BCUT2D eigenvalue weighted by molar-refractivity contribution is -0.121. The van der Waals surface area contributed by atoms with Crippen molar-refractivity contribution >= 4 is 34.7 Å². The molecule has 114 valence electrons. The lowest BCUT2D eigenvalue weighted by Crippen LogP contribution is -2.46. The number of amides is 2. The van der Waals surface area contributed by atoms with E-state index in [4.69, 9.17) is 0 Å². The van der Waals surface area contributed by atoms with Crippen molar-refractivity contribution in [3.8, 4) is 0 Å². The van der Waals surface area contributed by atoms with Crippen LogP contribution < -0.4 is 9.80 Å². The van der Waals surface area contributed by atoms with E-state index in [0.29, 0.717) is 24.3 Å². The van der Waals surface area contributed by atoms with Gasteiger partial charge in [-0.3, -0.25) is 19.4 Å². The first kappa shape index (κ1) is 14.6. The number of anilines is 2. The van der Waals surface area contributed by atoms with Crippen LogP contribution in [0.15, 0.2) is 35.2 Å². The minimum absolute atomic E-state index is 0.128. The van der Waals surface area contributed by atoms with Gasteiger partial charge in [-0.15, -0.1) is 11.3 Å². The molecule has 1 aromatic heterocycles. The van der Waals surface area contributed by atoms with Crippen LogP contribution >= 0.6 is 11.3 Å². The molecule has 1 fully saturated rings. The topological polar surface area (TPSA) is 53.5 Å². The molecule has 1 aliphatic rings. The fraction of sp³-hybridized carbons (Fsp3) is 0.267. The molecular formula is C15H14FN3O2S. The van der Waals surface area contributed by atoms with Gasteiger partial charge >= 0.3 is 0 Å². The van der Waals surface area contributed by atoms with Crippen LogP contribution in [-0.2, 0) is 9.59 Å². The Labute approximate surface area is 131 Å². The smallest absolute Gasteiger partial charge is 0.251 e. The van der Waals surface area contributed by atoms with E-state index in [9.17, 15) is 14.0 Å². The Morgan fingerprint density at radius 1 is 1.41 bits per heavy atom. The summed E-state index contributed by atoms with van der Waals surface area (Å²) in [6.07, 6.45) is 0.752. The van der Waals surface area contributed by atoms with Crippen molar-refractivity contribution in [2.45, 2.75) is 18.9 Å². The quantitative estimate of drug-likeness (QED) is 0.873. The summed E-state index contributed by atoms with van der Waals surface area (Å²) in [6.45, 7) is 0. The maximum atomic E-state index is 13.1. The molecule has 0 N–H and O–H groups in total. The summed E-state index contributed by atoms with van der Waals surface area (Å²) in [5, 5.41) is 1.77. The summed E-state index contributed by atoms with van der Waals surface area (Å²) in [4.78, 5) is 31.8. The van der Waals surface area contributed by atoms with E-state index in [1.54, 1.807) is 17.9 Å². The number of hydrogen-bond donors (Lipinski definition) is 0. The summed E-state index contributed by atoms with van der Waals surface area (Å²) in [6, 6.07) is 5.02. The summed E-state index contributed by atoms with van der Waals surface area (Å²) >= 11 is 1.40. The number of carbonyl (C=O) groups is 2. The molecule has 0 spiro atoms. The van der Waals surface area contributed by atoms with Crippen molar-refractivity contribution in [1.29, 1.82) is 0 Å². The molecule has 1 atom stereocenters. The van der Waals surface area contributed by atoms with Gasteiger partial charge in [-0.1, -0.05) is 0 Å². The largest absolute Gasteiger partial charge is 0.300 e. The molecule has 5 nitrogen and oxygen atoms in total. The molecule has 7 heteroatoms. The highest BCUT2D eigenvalue weighted by Crippen LogP contribution is 2.28. The third-order valence-corrected chi connectivity index (χ3v) is 4.27. The number of aromatic nitrogens is 1. The zero-order valence-electron chi connectivity index (χ0n) is 11.9. The van der Waals surface area contributed by atoms with E-state index in [0.717, 1.165) is 0 Å². The molecule has 2 amide bonds. The molecule has 0 bridgehead atoms. The van der Waals surface area contributed by atoms with Gasteiger partial charge in [-0.25, -0.2) is 9.37 Å². The average Bonchev–Trinajstić information content (AvgIpc) is 3.16. The molecule has 1 saturated heterocycles. The second kappa shape index (κ2) is 5.84. The lowest BCUT2D eigenvalue weighted by Gasteiger charge is -2.27. The minimum Gasteiger partial charge on any atom is -0.300 e. The Morgan fingerprint density at radius 3 is 2.77 bits per heavy atom. The van der Waals surface area contributed by atoms with Crippen LogP contribution in [0.4, 0.5) is 15.9 Å². The van der Waals surface area contributed by atoms with Gasteiger partial charge in [0.1, 0.15) is 17.7 Å². The maximum Gasteiger partial charge on any atom is 0.251 e. The number of likely N-dealkylation sites (N-methyl/N-ethyl adjacent to an activating group) is 1. The van der Waals surface area contributed by atoms with E-state index >= 15 is 0 Å². The Balaban J connectivity index is 1.87. The van der Waals surface area contributed by atoms with Crippen LogP contribution in [0.25, 0.3) is 0 Å². The van der Waals surface area contributed by atoms with Gasteiger partial charge in [-0.2, -0.15) is 0 Å². The van der Waals surface area contributed by atoms with Crippen molar-refractivity contribution in [3.63, 3.8) is 0 Å². The highest BCUT2D eigenvalue weighted by Gasteiger charge is 2.39. The molecule has 2 heterocycles. The van der Waals surface area contributed by atoms with Gasteiger partial charge in [0, 0.05) is 24.5 Å². The van der Waals surface area contributed by atoms with Crippen molar-refractivity contribution in [1.82, 2.24) is 4.98 Å². The Morgan fingerprint density at radius 2 is 2.14 bits per heavy atom. The standard InChI is InChI=1S/C15H14FN3O2S/c1-18(13-8-22-9-17-13)15(21)12-6-7-14(20)19(12)11-4-2-10(16)3-5-11/h2-5,8-9,12H,6-7H2,1H3/t12-/m0/s1. The molecule has 0 saturated carbocycles. The maximum absolute atomic E-state index is 13.1. The predicted octanol–water partition coefficient (Wildman–Crippen LogP) is 2.44. The van der Waals surface area contributed by atoms with Gasteiger partial charge in [0.25, 0.3) is 5.91 Å². The van der Waals surface area contributed by atoms with E-state index < -0.39 is 6.04 Å². The van der Waals surface area contributed by atoms with Crippen LogP contribution in [0.3, 0.4) is 0 Å². The fourth-order valence-corrected chi connectivity index (χ4v) is 3.12. The molecule has 0 unspecified atom stereocenters. The van der Waals surface area contributed by atoms with Crippen molar-refractivity contribution in [2.24, 2.45) is 0 Å². The van der Waals surface area contributed by atoms with Gasteiger partial charge in [0.05, 0.1) is 5.51 Å². The number of benzene rings is 1. The van der Waals surface area contributed by atoms with E-state index in [1.807, 2.05) is 0 Å². The first-order valence-corrected chi connectivity index (χ1v) is 7.75. The first-order chi connectivity index (χ1) is 10.6. The number of thiazole rings is 1. The van der Waals surface area contributed by atoms with Crippen LogP contribution in [0.2, 0.25) is 0 Å². The molecular weight excluding hydrogens is 305 g/mol. The highest BCUT2D eigenvalue weighted by molar-refractivity contribution is 7.07. The number of halogens is 1. The van der Waals surface area contributed by atoms with E-state index in [1.165, 1.54) is 45.4 Å². The molecule has 2 aromatic rings. The monoisotopic (exact) mass is 319 g/mol. The van der Waals surface area contributed by atoms with Gasteiger partial charge in [0.15, 0.2) is 0 Å². The third-order valence-electron chi connectivity index (χ3n) is 3.70. The van der Waals surface area contributed by atoms with Crippen molar-refractivity contribution in [3.05, 3.63) is 41.0 Å². The predicted molar refractivity (Wildman–Crippen MR) is 82.4 cm³/mol. The number of nitrogens with zero attached hydrogens (tertiary/aromatic N) is 3. The normalized spacial score (nSPS) is 17.8. The van der Waals surface area contributed by atoms with E-state index in [2.05, 4.69) is 4.98 Å². The zero-order valence-corrected chi connectivity index (χ0v) is 12.7. The molecule has 1 aliphatic heterocycles. The summed E-state index contributed by atoms with van der Waals surface area (Å²) in [5.74, 6) is -0.135. The van der Waals surface area contributed by atoms with Crippen LogP contribution in [0.5, 0.6) is 0 Å². The third kappa shape index (κ3) is 2.59. The Hall–Kier alpha value is -2.28.